The lowest BCUT2D eigenvalue weighted by molar-refractivity contribution is 0.0910. The van der Waals surface area contributed by atoms with Gasteiger partial charge in [0, 0.05) is 29.3 Å². The van der Waals surface area contributed by atoms with E-state index in [0.717, 1.165) is 5.75 Å². The molecular formula is C26H40N2O5. The summed E-state index contributed by atoms with van der Waals surface area (Å²) in [7, 11) is 1.63. The minimum absolute atomic E-state index is 0. The van der Waals surface area contributed by atoms with Crippen molar-refractivity contribution in [1.82, 2.24) is 10.6 Å². The van der Waals surface area contributed by atoms with Gasteiger partial charge in [-0.3, -0.25) is 9.59 Å². The molecule has 0 aliphatic heterocycles. The van der Waals surface area contributed by atoms with Gasteiger partial charge in [-0.1, -0.05) is 7.43 Å². The Labute approximate surface area is 198 Å². The molecule has 0 radical (unpaired) electrons. The fourth-order valence-corrected chi connectivity index (χ4v) is 2.38. The number of amides is 2. The molecule has 0 atom stereocenters. The van der Waals surface area contributed by atoms with E-state index in [2.05, 4.69) is 10.6 Å². The molecule has 2 rings (SSSR count). The molecule has 2 aromatic rings. The lowest BCUT2D eigenvalue weighted by Crippen LogP contribution is -2.40. The Kier molecular flexibility index (Phi) is 12.2. The summed E-state index contributed by atoms with van der Waals surface area (Å²) in [5.41, 5.74) is 0.710. The van der Waals surface area contributed by atoms with Gasteiger partial charge in [0.25, 0.3) is 11.8 Å². The van der Waals surface area contributed by atoms with Crippen molar-refractivity contribution in [2.24, 2.45) is 0 Å². The van der Waals surface area contributed by atoms with Gasteiger partial charge in [0.15, 0.2) is 0 Å². The summed E-state index contributed by atoms with van der Waals surface area (Å²) in [6.45, 7) is 12.7. The largest absolute Gasteiger partial charge is 0.508 e. The summed E-state index contributed by atoms with van der Waals surface area (Å²) in [6, 6.07) is 13.3. The van der Waals surface area contributed by atoms with Gasteiger partial charge in [0.1, 0.15) is 18.1 Å². The molecule has 3 N–H and O–H groups in total. The van der Waals surface area contributed by atoms with Crippen LogP contribution in [0.3, 0.4) is 0 Å². The second-order valence-electron chi connectivity index (χ2n) is 9.32. The number of phenols is 1. The SMILES string of the molecule is C.CC(C)(C)NC(=O)c1ccc(O)cc1.COCCOc1ccc(C(=O)NC(C)(C)C)cc1. The van der Waals surface area contributed by atoms with E-state index in [4.69, 9.17) is 14.6 Å². The van der Waals surface area contributed by atoms with Gasteiger partial charge in [-0.25, -0.2) is 0 Å². The summed E-state index contributed by atoms with van der Waals surface area (Å²) >= 11 is 0. The highest BCUT2D eigenvalue weighted by Crippen LogP contribution is 2.13. The molecule has 184 valence electrons. The van der Waals surface area contributed by atoms with Crippen LogP contribution in [0.4, 0.5) is 0 Å². The topological polar surface area (TPSA) is 96.9 Å². The Balaban J connectivity index is 0.000000620. The number of benzene rings is 2. The highest BCUT2D eigenvalue weighted by Gasteiger charge is 2.15. The van der Waals surface area contributed by atoms with Gasteiger partial charge in [0.2, 0.25) is 0 Å². The number of methoxy groups -OCH3 is 1. The van der Waals surface area contributed by atoms with Crippen molar-refractivity contribution in [3.63, 3.8) is 0 Å². The van der Waals surface area contributed by atoms with Crippen LogP contribution >= 0.6 is 0 Å². The Bertz CT molecular complexity index is 848. The van der Waals surface area contributed by atoms with Crippen LogP contribution in [0, 0.1) is 0 Å². The molecule has 7 nitrogen and oxygen atoms in total. The van der Waals surface area contributed by atoms with Gasteiger partial charge >= 0.3 is 0 Å². The molecule has 0 bridgehead atoms. The van der Waals surface area contributed by atoms with Crippen LogP contribution in [0.5, 0.6) is 11.5 Å². The molecule has 0 heterocycles. The van der Waals surface area contributed by atoms with Gasteiger partial charge in [-0.05, 0) is 90.1 Å². The number of carbonyl (C=O) groups is 2. The van der Waals surface area contributed by atoms with E-state index in [1.165, 1.54) is 12.1 Å². The lowest BCUT2D eigenvalue weighted by atomic mass is 10.1. The molecule has 7 heteroatoms. The molecule has 0 saturated carbocycles. The normalized spacial score (nSPS) is 10.8. The third-order valence-electron chi connectivity index (χ3n) is 3.78. The predicted octanol–water partition coefficient (Wildman–Crippen LogP) is 4.80. The number of hydrogen-bond donors (Lipinski definition) is 3. The molecular weight excluding hydrogens is 420 g/mol. The molecule has 0 saturated heterocycles. The fourth-order valence-electron chi connectivity index (χ4n) is 2.38. The predicted molar refractivity (Wildman–Crippen MR) is 133 cm³/mol. The van der Waals surface area contributed by atoms with Crippen LogP contribution in [-0.2, 0) is 4.74 Å². The Morgan fingerprint density at radius 2 is 1.15 bits per heavy atom. The van der Waals surface area contributed by atoms with E-state index in [1.54, 1.807) is 43.5 Å². The van der Waals surface area contributed by atoms with Crippen molar-refractivity contribution in [2.75, 3.05) is 20.3 Å². The zero-order valence-corrected chi connectivity index (χ0v) is 20.1. The summed E-state index contributed by atoms with van der Waals surface area (Å²) in [6.07, 6.45) is 0. The second kappa shape index (κ2) is 13.5. The number of carbonyl (C=O) groups excluding carboxylic acids is 2. The maximum Gasteiger partial charge on any atom is 0.251 e. The number of ether oxygens (including phenoxy) is 2. The van der Waals surface area contributed by atoms with E-state index in [0.29, 0.717) is 24.3 Å². The first-order valence-electron chi connectivity index (χ1n) is 10.5. The zero-order chi connectivity index (χ0) is 24.4. The molecule has 2 aromatic carbocycles. The van der Waals surface area contributed by atoms with E-state index >= 15 is 0 Å². The summed E-state index contributed by atoms with van der Waals surface area (Å²) in [5.74, 6) is 0.695. The van der Waals surface area contributed by atoms with Crippen LogP contribution in [0.25, 0.3) is 0 Å². The van der Waals surface area contributed by atoms with E-state index in [-0.39, 0.29) is 36.1 Å². The number of rotatable bonds is 6. The Morgan fingerprint density at radius 3 is 1.52 bits per heavy atom. The highest BCUT2D eigenvalue weighted by atomic mass is 16.5. The summed E-state index contributed by atoms with van der Waals surface area (Å²) in [5, 5.41) is 14.8. The summed E-state index contributed by atoms with van der Waals surface area (Å²) in [4.78, 5) is 23.4. The number of hydrogen-bond acceptors (Lipinski definition) is 5. The molecule has 0 spiro atoms. The fraction of sp³-hybridized carbons (Fsp3) is 0.462. The van der Waals surface area contributed by atoms with Gasteiger partial charge in [0.05, 0.1) is 6.61 Å². The Hall–Kier alpha value is -3.06. The first kappa shape index (κ1) is 29.9. The van der Waals surface area contributed by atoms with E-state index in [9.17, 15) is 9.59 Å². The van der Waals surface area contributed by atoms with Crippen molar-refractivity contribution < 1.29 is 24.2 Å². The molecule has 33 heavy (non-hydrogen) atoms. The van der Waals surface area contributed by atoms with Crippen molar-refractivity contribution in [3.05, 3.63) is 59.7 Å². The minimum atomic E-state index is -0.241. The van der Waals surface area contributed by atoms with Crippen LogP contribution in [0.15, 0.2) is 48.5 Å². The van der Waals surface area contributed by atoms with Crippen LogP contribution < -0.4 is 15.4 Å². The third kappa shape index (κ3) is 13.2. The summed E-state index contributed by atoms with van der Waals surface area (Å²) < 4.78 is 10.3. The van der Waals surface area contributed by atoms with E-state index in [1.807, 2.05) is 41.5 Å². The molecule has 0 aliphatic rings. The van der Waals surface area contributed by atoms with Gasteiger partial charge in [-0.2, -0.15) is 0 Å². The molecule has 0 fully saturated rings. The van der Waals surface area contributed by atoms with Gasteiger partial charge in [-0.15, -0.1) is 0 Å². The van der Waals surface area contributed by atoms with Crippen molar-refractivity contribution in [2.45, 2.75) is 60.0 Å². The average molecular weight is 461 g/mol. The zero-order valence-electron chi connectivity index (χ0n) is 20.1. The van der Waals surface area contributed by atoms with Crippen molar-refractivity contribution in [3.8, 4) is 11.5 Å². The van der Waals surface area contributed by atoms with Gasteiger partial charge < -0.3 is 25.2 Å². The number of aromatic hydroxyl groups is 1. The van der Waals surface area contributed by atoms with Crippen LogP contribution in [0.1, 0.15) is 69.7 Å². The second-order valence-corrected chi connectivity index (χ2v) is 9.32. The molecule has 2 amide bonds. The average Bonchev–Trinajstić information content (AvgIpc) is 2.67. The van der Waals surface area contributed by atoms with E-state index < -0.39 is 0 Å². The first-order chi connectivity index (χ1) is 14.8. The standard InChI is InChI=1S/C14H21NO3.C11H15NO2.CH4/c1-14(2,3)15-13(16)11-5-7-12(8-6-11)18-10-9-17-4;1-11(2,3)12-10(14)8-4-6-9(13)7-5-8;/h5-8H,9-10H2,1-4H3,(H,15,16);4-7,13H,1-3H3,(H,12,14);1H4. The lowest BCUT2D eigenvalue weighted by Gasteiger charge is -2.20. The van der Waals surface area contributed by atoms with Crippen molar-refractivity contribution >= 4 is 11.8 Å². The molecule has 0 unspecified atom stereocenters. The smallest absolute Gasteiger partial charge is 0.251 e. The van der Waals surface area contributed by atoms with Crippen LogP contribution in [-0.4, -0.2) is 48.3 Å². The maximum atomic E-state index is 11.9. The van der Waals surface area contributed by atoms with Crippen molar-refractivity contribution in [1.29, 1.82) is 0 Å². The molecule has 0 aromatic heterocycles. The monoisotopic (exact) mass is 460 g/mol. The highest BCUT2D eigenvalue weighted by molar-refractivity contribution is 5.95. The third-order valence-corrected chi connectivity index (χ3v) is 3.78. The Morgan fingerprint density at radius 1 is 0.758 bits per heavy atom. The number of phenolic OH excluding ortho intramolecular Hbond substituents is 1. The quantitative estimate of drug-likeness (QED) is 0.538. The minimum Gasteiger partial charge on any atom is -0.508 e. The molecule has 0 aliphatic carbocycles. The number of nitrogens with one attached hydrogen (secondary N) is 2. The van der Waals surface area contributed by atoms with Crippen LogP contribution in [0.2, 0.25) is 0 Å². The maximum absolute atomic E-state index is 11.9. The first-order valence-corrected chi connectivity index (χ1v) is 10.5.